The summed E-state index contributed by atoms with van der Waals surface area (Å²) in [4.78, 5) is 0. The van der Waals surface area contributed by atoms with E-state index in [9.17, 15) is 30.6 Å². The van der Waals surface area contributed by atoms with Gasteiger partial charge < -0.3 is 50.0 Å². The number of aliphatic hydroxyl groups excluding tert-OH is 7. The molecule has 10 nitrogen and oxygen atoms in total. The summed E-state index contributed by atoms with van der Waals surface area (Å²) < 4.78 is 15.9. The zero-order chi connectivity index (χ0) is 19.6. The molecule has 0 aromatic rings. The van der Waals surface area contributed by atoms with Crippen LogP contribution >= 0.6 is 0 Å². The van der Waals surface area contributed by atoms with Gasteiger partial charge in [-0.05, 0) is 6.92 Å². The Morgan fingerprint density at radius 2 is 1.08 bits per heavy atom. The van der Waals surface area contributed by atoms with E-state index in [4.69, 9.17) is 19.3 Å². The fourth-order valence-corrected chi connectivity index (χ4v) is 1.81. The van der Waals surface area contributed by atoms with E-state index in [0.717, 1.165) is 0 Å². The first kappa shape index (κ1) is 24.6. The molecule has 0 fully saturated rings. The van der Waals surface area contributed by atoms with E-state index < -0.39 is 69.5 Å². The van der Waals surface area contributed by atoms with Gasteiger partial charge in [0.15, 0.2) is 12.6 Å². The number of ether oxygens (including phenoxy) is 3. The molecule has 0 aromatic heterocycles. The van der Waals surface area contributed by atoms with Crippen molar-refractivity contribution in [3.8, 4) is 0 Å². The first-order valence-corrected chi connectivity index (χ1v) is 8.15. The molecule has 0 saturated heterocycles. The van der Waals surface area contributed by atoms with E-state index in [1.54, 1.807) is 13.8 Å². The second kappa shape index (κ2) is 12.9. The zero-order valence-electron chi connectivity index (χ0n) is 14.8. The van der Waals surface area contributed by atoms with Gasteiger partial charge in [-0.25, -0.2) is 0 Å². The van der Waals surface area contributed by atoms with Gasteiger partial charge in [-0.2, -0.15) is 0 Å². The van der Waals surface area contributed by atoms with Crippen LogP contribution in [-0.2, 0) is 14.2 Å². The summed E-state index contributed by atoms with van der Waals surface area (Å²) in [7, 11) is 0. The molecule has 25 heavy (non-hydrogen) atoms. The Labute approximate surface area is 147 Å². The lowest BCUT2D eigenvalue weighted by Gasteiger charge is -2.34. The van der Waals surface area contributed by atoms with Gasteiger partial charge in [0.05, 0.1) is 26.4 Å². The summed E-state index contributed by atoms with van der Waals surface area (Å²) in [6.07, 6.45) is -8.75. The van der Waals surface area contributed by atoms with Crippen molar-refractivity contribution >= 4 is 0 Å². The summed E-state index contributed by atoms with van der Waals surface area (Å²) in [5.41, 5.74) is 0. The number of hydrogen-bond acceptors (Lipinski definition) is 10. The highest BCUT2D eigenvalue weighted by atomic mass is 16.7. The maximum absolute atomic E-state index is 9.77. The molecule has 0 radical (unpaired) electrons. The van der Waals surface area contributed by atoms with Gasteiger partial charge >= 0.3 is 0 Å². The van der Waals surface area contributed by atoms with Crippen LogP contribution in [0.3, 0.4) is 0 Å². The minimum atomic E-state index is -1.41. The zero-order valence-corrected chi connectivity index (χ0v) is 14.8. The van der Waals surface area contributed by atoms with E-state index in [-0.39, 0.29) is 5.92 Å². The molecule has 0 bridgehead atoms. The molecule has 0 aliphatic heterocycles. The normalized spacial score (nSPS) is 20.8. The largest absolute Gasteiger partial charge is 0.394 e. The SMILES string of the molecule is CC(O)[C@@H](OC(CO)[C@H](O)CO)O[C@@H](CO)C(CO)O[C@@H](O)C(C)C. The van der Waals surface area contributed by atoms with Crippen LogP contribution < -0.4 is 0 Å². The van der Waals surface area contributed by atoms with E-state index in [2.05, 4.69) is 0 Å². The Morgan fingerprint density at radius 3 is 1.44 bits per heavy atom. The van der Waals surface area contributed by atoms with Crippen molar-refractivity contribution in [3.63, 3.8) is 0 Å². The molecule has 0 saturated carbocycles. The first-order chi connectivity index (χ1) is 11.7. The van der Waals surface area contributed by atoms with Crippen LogP contribution in [0.1, 0.15) is 20.8 Å². The number of hydrogen-bond donors (Lipinski definition) is 7. The van der Waals surface area contributed by atoms with Gasteiger partial charge in [0.2, 0.25) is 0 Å². The van der Waals surface area contributed by atoms with Gasteiger partial charge in [0.25, 0.3) is 0 Å². The molecule has 0 amide bonds. The molecule has 0 aliphatic carbocycles. The monoisotopic (exact) mass is 372 g/mol. The van der Waals surface area contributed by atoms with E-state index >= 15 is 0 Å². The molecule has 0 aromatic carbocycles. The van der Waals surface area contributed by atoms with E-state index in [1.165, 1.54) is 6.92 Å². The van der Waals surface area contributed by atoms with Crippen molar-refractivity contribution in [1.82, 2.24) is 0 Å². The minimum absolute atomic E-state index is 0.268. The lowest BCUT2D eigenvalue weighted by Crippen LogP contribution is -2.48. The molecule has 10 heteroatoms. The van der Waals surface area contributed by atoms with Gasteiger partial charge in [-0.1, -0.05) is 13.8 Å². The van der Waals surface area contributed by atoms with Crippen LogP contribution in [0.2, 0.25) is 0 Å². The molecule has 0 aliphatic rings. The van der Waals surface area contributed by atoms with Gasteiger partial charge in [0.1, 0.15) is 30.5 Å². The van der Waals surface area contributed by atoms with Crippen molar-refractivity contribution in [2.45, 2.75) is 63.9 Å². The summed E-state index contributed by atoms with van der Waals surface area (Å²) in [6, 6.07) is 0. The third kappa shape index (κ3) is 8.69. The van der Waals surface area contributed by atoms with Crippen molar-refractivity contribution in [1.29, 1.82) is 0 Å². The molecule has 0 heterocycles. The fourth-order valence-electron chi connectivity index (χ4n) is 1.81. The first-order valence-electron chi connectivity index (χ1n) is 8.15. The van der Waals surface area contributed by atoms with Gasteiger partial charge in [-0.15, -0.1) is 0 Å². The summed E-state index contributed by atoms with van der Waals surface area (Å²) in [6.45, 7) is 2.18. The Bertz CT molecular complexity index is 327. The van der Waals surface area contributed by atoms with E-state index in [0.29, 0.717) is 0 Å². The maximum atomic E-state index is 9.77. The van der Waals surface area contributed by atoms with Crippen LogP contribution in [0, 0.1) is 5.92 Å². The Hall–Kier alpha value is -0.400. The smallest absolute Gasteiger partial charge is 0.184 e. The fraction of sp³-hybridized carbons (Fsp3) is 1.00. The molecule has 7 atom stereocenters. The average molecular weight is 372 g/mol. The second-order valence-electron chi connectivity index (χ2n) is 6.06. The lowest BCUT2D eigenvalue weighted by molar-refractivity contribution is -0.283. The highest BCUT2D eigenvalue weighted by molar-refractivity contribution is 4.74. The quantitative estimate of drug-likeness (QED) is 0.158. The Balaban J connectivity index is 5.03. The van der Waals surface area contributed by atoms with Crippen LogP contribution in [0.15, 0.2) is 0 Å². The van der Waals surface area contributed by atoms with Crippen LogP contribution in [-0.4, -0.2) is 105 Å². The Kier molecular flexibility index (Phi) is 12.7. The molecule has 0 rings (SSSR count). The number of rotatable bonds is 14. The topological polar surface area (TPSA) is 169 Å². The van der Waals surface area contributed by atoms with E-state index in [1.807, 2.05) is 0 Å². The van der Waals surface area contributed by atoms with Gasteiger partial charge in [-0.3, -0.25) is 0 Å². The third-order valence-corrected chi connectivity index (χ3v) is 3.47. The highest BCUT2D eigenvalue weighted by Gasteiger charge is 2.33. The lowest BCUT2D eigenvalue weighted by atomic mass is 10.2. The summed E-state index contributed by atoms with van der Waals surface area (Å²) in [5, 5.41) is 66.1. The van der Waals surface area contributed by atoms with Crippen molar-refractivity contribution < 1.29 is 50.0 Å². The highest BCUT2D eigenvalue weighted by Crippen LogP contribution is 2.16. The van der Waals surface area contributed by atoms with Crippen molar-refractivity contribution in [3.05, 3.63) is 0 Å². The molecular formula is C15H32O10. The second-order valence-corrected chi connectivity index (χ2v) is 6.06. The van der Waals surface area contributed by atoms with Crippen LogP contribution in [0.5, 0.6) is 0 Å². The van der Waals surface area contributed by atoms with Crippen LogP contribution in [0.25, 0.3) is 0 Å². The predicted molar refractivity (Wildman–Crippen MR) is 85.3 cm³/mol. The standard InChI is InChI=1S/C15H32O10/c1-8(2)14(22)23-12(6-18)13(7-19)25-15(9(3)20)24-11(5-17)10(21)4-16/h8-22H,4-7H2,1-3H3/t9?,10-,11?,12?,13+,14-,15+/m1/s1. The molecule has 0 spiro atoms. The van der Waals surface area contributed by atoms with Crippen LogP contribution in [0.4, 0.5) is 0 Å². The third-order valence-electron chi connectivity index (χ3n) is 3.47. The Morgan fingerprint density at radius 1 is 0.640 bits per heavy atom. The molecular weight excluding hydrogens is 340 g/mol. The molecule has 152 valence electrons. The maximum Gasteiger partial charge on any atom is 0.184 e. The van der Waals surface area contributed by atoms with Gasteiger partial charge in [0, 0.05) is 5.92 Å². The molecule has 7 N–H and O–H groups in total. The average Bonchev–Trinajstić information content (AvgIpc) is 2.59. The molecule has 3 unspecified atom stereocenters. The number of aliphatic hydroxyl groups is 7. The van der Waals surface area contributed by atoms with Crippen molar-refractivity contribution in [2.75, 3.05) is 26.4 Å². The predicted octanol–water partition coefficient (Wildman–Crippen LogP) is -2.85. The van der Waals surface area contributed by atoms with Crippen molar-refractivity contribution in [2.24, 2.45) is 5.92 Å². The summed E-state index contributed by atoms with van der Waals surface area (Å²) in [5.74, 6) is -0.268. The minimum Gasteiger partial charge on any atom is -0.394 e. The summed E-state index contributed by atoms with van der Waals surface area (Å²) >= 11 is 0.